The lowest BCUT2D eigenvalue weighted by atomic mass is 10.3. The molecule has 0 aromatic carbocycles. The fourth-order valence-electron chi connectivity index (χ4n) is 1.25. The molecular formula is C7H12N2O4. The normalized spacial score (nSPS) is 21.8. The van der Waals surface area contributed by atoms with E-state index >= 15 is 0 Å². The SMILES string of the molecule is NC(=O)N1CCC(OCC(=O)O)C1. The Bertz CT molecular complexity index is 219. The molecule has 0 aromatic rings. The highest BCUT2D eigenvalue weighted by Crippen LogP contribution is 2.11. The van der Waals surface area contributed by atoms with Crippen LogP contribution in [0, 0.1) is 0 Å². The number of urea groups is 1. The monoisotopic (exact) mass is 188 g/mol. The molecule has 1 heterocycles. The lowest BCUT2D eigenvalue weighted by molar-refractivity contribution is -0.144. The topological polar surface area (TPSA) is 92.9 Å². The van der Waals surface area contributed by atoms with E-state index in [2.05, 4.69) is 0 Å². The number of rotatable bonds is 3. The lowest BCUT2D eigenvalue weighted by Crippen LogP contribution is -2.34. The summed E-state index contributed by atoms with van der Waals surface area (Å²) in [7, 11) is 0. The molecule has 0 saturated carbocycles. The molecule has 0 radical (unpaired) electrons. The van der Waals surface area contributed by atoms with Gasteiger partial charge < -0.3 is 20.5 Å². The van der Waals surface area contributed by atoms with E-state index in [1.54, 1.807) is 0 Å². The summed E-state index contributed by atoms with van der Waals surface area (Å²) in [5.74, 6) is -1.00. The summed E-state index contributed by atoms with van der Waals surface area (Å²) in [6.45, 7) is 0.611. The number of hydrogen-bond donors (Lipinski definition) is 2. The molecular weight excluding hydrogens is 176 g/mol. The van der Waals surface area contributed by atoms with Crippen LogP contribution in [0.15, 0.2) is 0 Å². The van der Waals surface area contributed by atoms with Gasteiger partial charge in [-0.05, 0) is 6.42 Å². The van der Waals surface area contributed by atoms with Gasteiger partial charge in [-0.2, -0.15) is 0 Å². The van der Waals surface area contributed by atoms with Gasteiger partial charge in [0.2, 0.25) is 0 Å². The molecule has 0 bridgehead atoms. The van der Waals surface area contributed by atoms with Crippen LogP contribution in [0.5, 0.6) is 0 Å². The Labute approximate surface area is 75.3 Å². The van der Waals surface area contributed by atoms with Gasteiger partial charge in [0, 0.05) is 13.1 Å². The van der Waals surface area contributed by atoms with Gasteiger partial charge in [-0.3, -0.25) is 0 Å². The van der Waals surface area contributed by atoms with Crippen molar-refractivity contribution in [3.8, 4) is 0 Å². The first-order chi connectivity index (χ1) is 6.09. The van der Waals surface area contributed by atoms with Gasteiger partial charge in [-0.1, -0.05) is 0 Å². The zero-order valence-electron chi connectivity index (χ0n) is 7.10. The van der Waals surface area contributed by atoms with Crippen LogP contribution in [0.4, 0.5) is 4.79 Å². The average molecular weight is 188 g/mol. The number of nitrogens with zero attached hydrogens (tertiary/aromatic N) is 1. The molecule has 6 nitrogen and oxygen atoms in total. The van der Waals surface area contributed by atoms with Crippen molar-refractivity contribution in [1.82, 2.24) is 4.90 Å². The molecule has 74 valence electrons. The number of ether oxygens (including phenoxy) is 1. The number of carboxylic acids is 1. The van der Waals surface area contributed by atoms with Crippen molar-refractivity contribution in [3.05, 3.63) is 0 Å². The zero-order valence-corrected chi connectivity index (χ0v) is 7.10. The van der Waals surface area contributed by atoms with Crippen LogP contribution < -0.4 is 5.73 Å². The van der Waals surface area contributed by atoms with Gasteiger partial charge in [0.15, 0.2) is 0 Å². The Balaban J connectivity index is 2.25. The molecule has 6 heteroatoms. The maximum Gasteiger partial charge on any atom is 0.329 e. The van der Waals surface area contributed by atoms with E-state index in [1.165, 1.54) is 4.90 Å². The van der Waals surface area contributed by atoms with Crippen LogP contribution in [0.1, 0.15) is 6.42 Å². The van der Waals surface area contributed by atoms with Crippen LogP contribution >= 0.6 is 0 Å². The van der Waals surface area contributed by atoms with E-state index in [9.17, 15) is 9.59 Å². The van der Waals surface area contributed by atoms with Crippen molar-refractivity contribution in [3.63, 3.8) is 0 Å². The third-order valence-corrected chi connectivity index (χ3v) is 1.90. The predicted molar refractivity (Wildman–Crippen MR) is 43.1 cm³/mol. The Kier molecular flexibility index (Phi) is 3.07. The van der Waals surface area contributed by atoms with Gasteiger partial charge in [0.05, 0.1) is 6.10 Å². The molecule has 0 aromatic heterocycles. The lowest BCUT2D eigenvalue weighted by Gasteiger charge is -2.12. The smallest absolute Gasteiger partial charge is 0.329 e. The standard InChI is InChI=1S/C7H12N2O4/c8-7(12)9-2-1-5(3-9)13-4-6(10)11/h5H,1-4H2,(H2,8,12)(H,10,11). The van der Waals surface area contributed by atoms with Crippen molar-refractivity contribution < 1.29 is 19.4 Å². The maximum atomic E-state index is 10.7. The van der Waals surface area contributed by atoms with Gasteiger partial charge in [-0.25, -0.2) is 9.59 Å². The van der Waals surface area contributed by atoms with Gasteiger partial charge >= 0.3 is 12.0 Å². The molecule has 0 aliphatic carbocycles. The summed E-state index contributed by atoms with van der Waals surface area (Å²) < 4.78 is 5.00. The van der Waals surface area contributed by atoms with Crippen molar-refractivity contribution in [2.24, 2.45) is 5.73 Å². The van der Waals surface area contributed by atoms with Crippen molar-refractivity contribution in [2.75, 3.05) is 19.7 Å². The van der Waals surface area contributed by atoms with Crippen molar-refractivity contribution in [1.29, 1.82) is 0 Å². The number of carbonyl (C=O) groups excluding carboxylic acids is 1. The molecule has 1 aliphatic rings. The summed E-state index contributed by atoms with van der Waals surface area (Å²) in [5, 5.41) is 8.32. The number of carbonyl (C=O) groups is 2. The molecule has 2 amide bonds. The van der Waals surface area contributed by atoms with Crippen molar-refractivity contribution in [2.45, 2.75) is 12.5 Å². The summed E-state index contributed by atoms with van der Waals surface area (Å²) in [5.41, 5.74) is 5.03. The second-order valence-electron chi connectivity index (χ2n) is 2.90. The van der Waals surface area contributed by atoms with Crippen LogP contribution in [0.2, 0.25) is 0 Å². The minimum absolute atomic E-state index is 0.191. The van der Waals surface area contributed by atoms with E-state index in [0.717, 1.165) is 0 Å². The molecule has 1 unspecified atom stereocenters. The van der Waals surface area contributed by atoms with E-state index in [-0.39, 0.29) is 12.7 Å². The summed E-state index contributed by atoms with van der Waals surface area (Å²) in [6.07, 6.45) is 0.458. The van der Waals surface area contributed by atoms with E-state index < -0.39 is 12.0 Å². The predicted octanol–water partition coefficient (Wildman–Crippen LogP) is -0.759. The van der Waals surface area contributed by atoms with Gasteiger partial charge in [0.1, 0.15) is 6.61 Å². The zero-order chi connectivity index (χ0) is 9.84. The number of hydrogen-bond acceptors (Lipinski definition) is 3. The van der Waals surface area contributed by atoms with Crippen LogP contribution in [0.25, 0.3) is 0 Å². The number of primary amides is 1. The maximum absolute atomic E-state index is 10.7. The van der Waals surface area contributed by atoms with E-state index in [0.29, 0.717) is 19.5 Å². The molecule has 0 spiro atoms. The molecule has 1 saturated heterocycles. The highest BCUT2D eigenvalue weighted by Gasteiger charge is 2.25. The van der Waals surface area contributed by atoms with Gasteiger partial charge in [0.25, 0.3) is 0 Å². The molecule has 1 atom stereocenters. The average Bonchev–Trinajstić information content (AvgIpc) is 2.48. The Morgan fingerprint density at radius 3 is 2.77 bits per heavy atom. The summed E-state index contributed by atoms with van der Waals surface area (Å²) in [4.78, 5) is 22.2. The van der Waals surface area contributed by atoms with Crippen LogP contribution in [0.3, 0.4) is 0 Å². The first kappa shape index (κ1) is 9.79. The van der Waals surface area contributed by atoms with Gasteiger partial charge in [-0.15, -0.1) is 0 Å². The van der Waals surface area contributed by atoms with Crippen LogP contribution in [-0.2, 0) is 9.53 Å². The largest absolute Gasteiger partial charge is 0.480 e. The summed E-state index contributed by atoms with van der Waals surface area (Å²) >= 11 is 0. The highest BCUT2D eigenvalue weighted by atomic mass is 16.5. The number of nitrogens with two attached hydrogens (primary N) is 1. The first-order valence-corrected chi connectivity index (χ1v) is 3.97. The third-order valence-electron chi connectivity index (χ3n) is 1.90. The van der Waals surface area contributed by atoms with E-state index in [1.807, 2.05) is 0 Å². The number of carboxylic acid groups (broad SMARTS) is 1. The fraction of sp³-hybridized carbons (Fsp3) is 0.714. The highest BCUT2D eigenvalue weighted by molar-refractivity contribution is 5.72. The van der Waals surface area contributed by atoms with Crippen LogP contribution in [-0.4, -0.2) is 47.8 Å². The Hall–Kier alpha value is -1.30. The number of likely N-dealkylation sites (tertiary alicyclic amines) is 1. The van der Waals surface area contributed by atoms with Crippen molar-refractivity contribution >= 4 is 12.0 Å². The quantitative estimate of drug-likeness (QED) is 0.608. The second-order valence-corrected chi connectivity index (χ2v) is 2.90. The number of amides is 2. The minimum Gasteiger partial charge on any atom is -0.480 e. The molecule has 1 rings (SSSR count). The second kappa shape index (κ2) is 4.08. The molecule has 3 N–H and O–H groups in total. The third kappa shape index (κ3) is 2.90. The first-order valence-electron chi connectivity index (χ1n) is 3.97. The molecule has 1 fully saturated rings. The molecule has 13 heavy (non-hydrogen) atoms. The Morgan fingerprint density at radius 2 is 2.31 bits per heavy atom. The minimum atomic E-state index is -1.00. The van der Waals surface area contributed by atoms with E-state index in [4.69, 9.17) is 15.6 Å². The number of aliphatic carboxylic acids is 1. The Morgan fingerprint density at radius 1 is 1.62 bits per heavy atom. The summed E-state index contributed by atoms with van der Waals surface area (Å²) in [6, 6.07) is -0.485. The fourth-order valence-corrected chi connectivity index (χ4v) is 1.25. The molecule has 1 aliphatic heterocycles.